The van der Waals surface area contributed by atoms with Crippen molar-refractivity contribution < 1.29 is 14.3 Å². The van der Waals surface area contributed by atoms with Gasteiger partial charge in [-0.25, -0.2) is 4.98 Å². The fourth-order valence-corrected chi connectivity index (χ4v) is 6.86. The number of nitrogens with zero attached hydrogens (tertiary/aromatic N) is 2. The van der Waals surface area contributed by atoms with E-state index in [1.165, 1.54) is 11.1 Å². The average Bonchev–Trinajstić information content (AvgIpc) is 3.02. The van der Waals surface area contributed by atoms with Crippen LogP contribution in [0.15, 0.2) is 48.7 Å². The van der Waals surface area contributed by atoms with E-state index >= 15 is 0 Å². The second-order valence-corrected chi connectivity index (χ2v) is 12.9. The van der Waals surface area contributed by atoms with Crippen molar-refractivity contribution in [3.8, 4) is 5.88 Å². The molecule has 0 saturated heterocycles. The fraction of sp³-hybridized carbons (Fsp3) is 0.526. The summed E-state index contributed by atoms with van der Waals surface area (Å²) in [6.07, 6.45) is 6.33. The predicted molar refractivity (Wildman–Crippen MR) is 188 cm³/mol. The number of carbonyl (C=O) groups excluding carboxylic acids is 1. The molecule has 1 heterocycles. The normalized spacial score (nSPS) is 17.3. The number of benzene rings is 2. The second-order valence-electron chi connectivity index (χ2n) is 12.9. The molecule has 2 aromatic carbocycles. The van der Waals surface area contributed by atoms with Gasteiger partial charge in [0.25, 0.3) is 0 Å². The molecular weight excluding hydrogens is 574 g/mol. The highest BCUT2D eigenvalue weighted by molar-refractivity contribution is 5.84. The summed E-state index contributed by atoms with van der Waals surface area (Å²) in [4.78, 5) is 20.6. The van der Waals surface area contributed by atoms with Crippen LogP contribution in [0.2, 0.25) is 0 Å². The lowest BCUT2D eigenvalue weighted by atomic mass is 9.68. The van der Waals surface area contributed by atoms with Crippen molar-refractivity contribution in [3.05, 3.63) is 82.0 Å². The van der Waals surface area contributed by atoms with Gasteiger partial charge in [-0.05, 0) is 99.0 Å². The highest BCUT2D eigenvalue weighted by atomic mass is 16.5. The van der Waals surface area contributed by atoms with Crippen LogP contribution in [-0.2, 0) is 22.7 Å². The molecule has 4 rings (SSSR count). The third-order valence-corrected chi connectivity index (χ3v) is 9.77. The third-order valence-electron chi connectivity index (χ3n) is 9.77. The number of hydrazine groups is 1. The van der Waals surface area contributed by atoms with E-state index in [0.29, 0.717) is 30.6 Å². The number of nitrogens with two attached hydrogens (primary N) is 1. The Hall–Kier alpha value is -3.46. The van der Waals surface area contributed by atoms with Crippen LogP contribution >= 0.6 is 0 Å². The highest BCUT2D eigenvalue weighted by Crippen LogP contribution is 2.42. The summed E-state index contributed by atoms with van der Waals surface area (Å²) in [6.45, 7) is 13.5. The van der Waals surface area contributed by atoms with Gasteiger partial charge in [0.15, 0.2) is 0 Å². The first-order valence-corrected chi connectivity index (χ1v) is 17.0. The zero-order valence-electron chi connectivity index (χ0n) is 29.0. The number of aryl methyl sites for hydroxylation is 1. The van der Waals surface area contributed by atoms with Crippen molar-refractivity contribution in [1.29, 1.82) is 0 Å². The fourth-order valence-electron chi connectivity index (χ4n) is 6.86. The van der Waals surface area contributed by atoms with Crippen LogP contribution in [0.1, 0.15) is 92.2 Å². The number of carbonyl (C=O) groups is 1. The van der Waals surface area contributed by atoms with Crippen molar-refractivity contribution in [1.82, 2.24) is 9.88 Å². The first kappa shape index (κ1) is 35.4. The molecule has 8 heteroatoms. The standard InChI is InChI=1S/C38H55N5O3/c1-8-27-15-16-33(27)36(44)21-34(32-17-18-35(40-10-3)37(42-39)26(32)5)28-14-13-25(4)30(20-28)22-43(6)23-31(9-2)46-38-29(24-45-7)12-11-19-41-38/h11-14,17-20,27,31,33-34,40,42H,8-10,15-16,21-24,39H2,1-7H3. The molecule has 1 aromatic heterocycles. The summed E-state index contributed by atoms with van der Waals surface area (Å²) >= 11 is 0. The lowest BCUT2D eigenvalue weighted by Gasteiger charge is -2.36. The van der Waals surface area contributed by atoms with Crippen molar-refractivity contribution in [2.45, 2.75) is 91.9 Å². The van der Waals surface area contributed by atoms with Gasteiger partial charge in [0, 0.05) is 56.8 Å². The Kier molecular flexibility index (Phi) is 13.0. The lowest BCUT2D eigenvalue weighted by Crippen LogP contribution is -2.33. The number of hydrogen-bond donors (Lipinski definition) is 3. The van der Waals surface area contributed by atoms with Gasteiger partial charge in [-0.1, -0.05) is 44.5 Å². The minimum atomic E-state index is -0.0619. The van der Waals surface area contributed by atoms with Gasteiger partial charge >= 0.3 is 0 Å². The molecule has 4 N–H and O–H groups in total. The van der Waals surface area contributed by atoms with Crippen LogP contribution in [0.3, 0.4) is 0 Å². The molecule has 1 fully saturated rings. The lowest BCUT2D eigenvalue weighted by molar-refractivity contribution is -0.128. The van der Waals surface area contributed by atoms with Gasteiger partial charge in [-0.3, -0.25) is 15.5 Å². The Labute approximate surface area is 276 Å². The maximum absolute atomic E-state index is 13.8. The quantitative estimate of drug-likeness (QED) is 0.0990. The van der Waals surface area contributed by atoms with Gasteiger partial charge in [-0.2, -0.15) is 0 Å². The maximum Gasteiger partial charge on any atom is 0.219 e. The minimum Gasteiger partial charge on any atom is -0.473 e. The van der Waals surface area contributed by atoms with Crippen LogP contribution in [0, 0.1) is 25.7 Å². The molecule has 0 spiro atoms. The zero-order chi connectivity index (χ0) is 33.2. The minimum absolute atomic E-state index is 0.0153. The van der Waals surface area contributed by atoms with Crippen molar-refractivity contribution in [2.24, 2.45) is 17.7 Å². The van der Waals surface area contributed by atoms with E-state index < -0.39 is 0 Å². The molecular formula is C38H55N5O3. The Morgan fingerprint density at radius 3 is 2.57 bits per heavy atom. The van der Waals surface area contributed by atoms with Crippen molar-refractivity contribution >= 4 is 17.2 Å². The summed E-state index contributed by atoms with van der Waals surface area (Å²) in [5.41, 5.74) is 11.6. The van der Waals surface area contributed by atoms with Crippen LogP contribution in [0.5, 0.6) is 5.88 Å². The largest absolute Gasteiger partial charge is 0.473 e. The number of ketones is 1. The molecule has 3 aromatic rings. The molecule has 0 aliphatic heterocycles. The van der Waals surface area contributed by atoms with Crippen LogP contribution < -0.4 is 21.3 Å². The number of likely N-dealkylation sites (N-methyl/N-ethyl adjacent to an activating group) is 1. The van der Waals surface area contributed by atoms with E-state index in [4.69, 9.17) is 15.3 Å². The number of methoxy groups -OCH3 is 1. The molecule has 1 aliphatic carbocycles. The third kappa shape index (κ3) is 8.46. The van der Waals surface area contributed by atoms with E-state index in [0.717, 1.165) is 78.9 Å². The Morgan fingerprint density at radius 2 is 1.91 bits per heavy atom. The van der Waals surface area contributed by atoms with Gasteiger partial charge < -0.3 is 20.2 Å². The van der Waals surface area contributed by atoms with Crippen LogP contribution in [0.4, 0.5) is 11.4 Å². The Balaban J connectivity index is 1.60. The number of pyridine rings is 1. The maximum atomic E-state index is 13.8. The van der Waals surface area contributed by atoms with Gasteiger partial charge in [-0.15, -0.1) is 0 Å². The monoisotopic (exact) mass is 629 g/mol. The molecule has 46 heavy (non-hydrogen) atoms. The molecule has 1 aliphatic rings. The SMILES string of the molecule is CCNc1ccc(C(CC(=O)C2CCC2CC)c2ccc(C)c(CN(C)CC(CC)Oc3ncccc3COC)c2)c(C)c1NN. The summed E-state index contributed by atoms with van der Waals surface area (Å²) in [5.74, 6) is 7.68. The molecule has 250 valence electrons. The number of Topliss-reactive ketones (excluding diaryl/α,β-unsaturated/α-hetero) is 1. The van der Waals surface area contributed by atoms with E-state index in [-0.39, 0.29) is 17.9 Å². The Morgan fingerprint density at radius 1 is 1.11 bits per heavy atom. The van der Waals surface area contributed by atoms with Gasteiger partial charge in [0.1, 0.15) is 11.9 Å². The van der Waals surface area contributed by atoms with Crippen LogP contribution in [-0.4, -0.2) is 49.0 Å². The number of anilines is 2. The second kappa shape index (κ2) is 16.9. The van der Waals surface area contributed by atoms with E-state index in [1.807, 2.05) is 12.1 Å². The predicted octanol–water partition coefficient (Wildman–Crippen LogP) is 7.38. The summed E-state index contributed by atoms with van der Waals surface area (Å²) < 4.78 is 11.7. The van der Waals surface area contributed by atoms with Crippen molar-refractivity contribution in [2.75, 3.05) is 38.0 Å². The average molecular weight is 630 g/mol. The molecule has 4 unspecified atom stereocenters. The summed E-state index contributed by atoms with van der Waals surface area (Å²) in [5, 5.41) is 3.41. The van der Waals surface area contributed by atoms with Crippen molar-refractivity contribution in [3.63, 3.8) is 0 Å². The molecule has 8 nitrogen and oxygen atoms in total. The Bertz CT molecular complexity index is 1440. The van der Waals surface area contributed by atoms with E-state index in [2.05, 4.69) is 92.6 Å². The number of nitrogen functional groups attached to an aromatic ring is 1. The van der Waals surface area contributed by atoms with Gasteiger partial charge in [0.05, 0.1) is 18.0 Å². The van der Waals surface area contributed by atoms with E-state index in [1.54, 1.807) is 13.3 Å². The number of rotatable bonds is 18. The van der Waals surface area contributed by atoms with Crippen LogP contribution in [0.25, 0.3) is 0 Å². The first-order chi connectivity index (χ1) is 22.2. The smallest absolute Gasteiger partial charge is 0.219 e. The van der Waals surface area contributed by atoms with E-state index in [9.17, 15) is 4.79 Å². The number of hydrogen-bond acceptors (Lipinski definition) is 8. The molecule has 4 atom stereocenters. The zero-order valence-corrected chi connectivity index (χ0v) is 29.0. The molecule has 1 saturated carbocycles. The molecule has 0 radical (unpaired) electrons. The molecule has 0 amide bonds. The van der Waals surface area contributed by atoms with Gasteiger partial charge in [0.2, 0.25) is 5.88 Å². The molecule has 0 bridgehead atoms. The first-order valence-electron chi connectivity index (χ1n) is 17.0. The number of nitrogens with one attached hydrogen (secondary N) is 2. The number of ether oxygens (including phenoxy) is 2. The number of aromatic nitrogens is 1. The highest BCUT2D eigenvalue weighted by Gasteiger charge is 2.36. The summed E-state index contributed by atoms with van der Waals surface area (Å²) in [7, 11) is 3.82. The topological polar surface area (TPSA) is 102 Å². The summed E-state index contributed by atoms with van der Waals surface area (Å²) in [6, 6.07) is 14.9.